The van der Waals surface area contributed by atoms with Crippen LogP contribution in [-0.2, 0) is 16.3 Å². The topological polar surface area (TPSA) is 58.2 Å². The first-order valence-electron chi connectivity index (χ1n) is 7.42. The summed E-state index contributed by atoms with van der Waals surface area (Å²) in [4.78, 5) is 12.3. The molecule has 1 saturated heterocycles. The van der Waals surface area contributed by atoms with Gasteiger partial charge >= 0.3 is 6.03 Å². The molecule has 2 N–H and O–H groups in total. The van der Waals surface area contributed by atoms with Gasteiger partial charge < -0.3 is 10.6 Å². The molecule has 0 aromatic heterocycles. The van der Waals surface area contributed by atoms with E-state index in [1.165, 1.54) is 0 Å². The minimum Gasteiger partial charge on any atom is -0.334 e. The highest BCUT2D eigenvalue weighted by molar-refractivity contribution is 7.85. The van der Waals surface area contributed by atoms with Gasteiger partial charge in [0.05, 0.1) is 5.54 Å². The zero-order valence-corrected chi connectivity index (χ0v) is 13.3. The molecule has 2 amide bonds. The standard InChI is InChI=1S/C16H22N2O2S/c1-15(2)11-16(15,12-6-4-3-5-7-12)18-14(19)17-13-8-9-21(20)10-13/h3-7,13H,8-11H2,1-2H3,(H2,17,18,19). The lowest BCUT2D eigenvalue weighted by Gasteiger charge is -2.24. The van der Waals surface area contributed by atoms with Gasteiger partial charge in [-0.3, -0.25) is 4.21 Å². The van der Waals surface area contributed by atoms with E-state index in [2.05, 4.69) is 36.6 Å². The monoisotopic (exact) mass is 306 g/mol. The molecule has 1 aliphatic heterocycles. The molecule has 3 unspecified atom stereocenters. The minimum atomic E-state index is -0.771. The lowest BCUT2D eigenvalue weighted by Crippen LogP contribution is -2.48. The maximum absolute atomic E-state index is 12.3. The van der Waals surface area contributed by atoms with E-state index in [0.717, 1.165) is 18.4 Å². The van der Waals surface area contributed by atoms with Gasteiger partial charge in [-0.05, 0) is 23.8 Å². The Labute approximate surface area is 128 Å². The Morgan fingerprint density at radius 1 is 1.29 bits per heavy atom. The van der Waals surface area contributed by atoms with Crippen LogP contribution in [0.15, 0.2) is 30.3 Å². The van der Waals surface area contributed by atoms with Gasteiger partial charge in [-0.25, -0.2) is 4.79 Å². The van der Waals surface area contributed by atoms with Gasteiger partial charge in [0.2, 0.25) is 0 Å². The Hall–Kier alpha value is -1.36. The van der Waals surface area contributed by atoms with Gasteiger partial charge in [0.15, 0.2) is 0 Å². The first kappa shape index (κ1) is 14.6. The van der Waals surface area contributed by atoms with Gasteiger partial charge in [-0.2, -0.15) is 0 Å². The van der Waals surface area contributed by atoms with Crippen molar-refractivity contribution in [2.75, 3.05) is 11.5 Å². The number of benzene rings is 1. The summed E-state index contributed by atoms with van der Waals surface area (Å²) in [6.07, 6.45) is 1.75. The molecule has 5 heteroatoms. The van der Waals surface area contributed by atoms with E-state index >= 15 is 0 Å². The van der Waals surface area contributed by atoms with E-state index < -0.39 is 10.8 Å². The van der Waals surface area contributed by atoms with Crippen LogP contribution >= 0.6 is 0 Å². The molecule has 1 aromatic carbocycles. The molecule has 0 bridgehead atoms. The highest BCUT2D eigenvalue weighted by atomic mass is 32.2. The summed E-state index contributed by atoms with van der Waals surface area (Å²) in [6, 6.07) is 10.0. The second-order valence-corrected chi connectivity index (χ2v) is 8.35. The summed E-state index contributed by atoms with van der Waals surface area (Å²) in [5.74, 6) is 1.27. The lowest BCUT2D eigenvalue weighted by molar-refractivity contribution is 0.229. The fourth-order valence-corrected chi connectivity index (χ4v) is 4.73. The van der Waals surface area contributed by atoms with Crippen LogP contribution in [0.2, 0.25) is 0 Å². The van der Waals surface area contributed by atoms with Gasteiger partial charge in [0, 0.05) is 28.3 Å². The molecule has 1 aromatic rings. The zero-order valence-electron chi connectivity index (χ0n) is 12.5. The summed E-state index contributed by atoms with van der Waals surface area (Å²) in [5.41, 5.74) is 0.931. The Morgan fingerprint density at radius 2 is 1.95 bits per heavy atom. The Bertz CT molecular complexity index is 573. The minimum absolute atomic E-state index is 0.0421. The van der Waals surface area contributed by atoms with Crippen molar-refractivity contribution in [3.05, 3.63) is 35.9 Å². The molecular weight excluding hydrogens is 284 g/mol. The number of amides is 2. The highest BCUT2D eigenvalue weighted by Gasteiger charge is 2.63. The van der Waals surface area contributed by atoms with Crippen LogP contribution in [0, 0.1) is 5.41 Å². The van der Waals surface area contributed by atoms with Crippen molar-refractivity contribution < 1.29 is 9.00 Å². The van der Waals surface area contributed by atoms with Crippen LogP contribution in [0.25, 0.3) is 0 Å². The Morgan fingerprint density at radius 3 is 2.48 bits per heavy atom. The number of urea groups is 1. The summed E-state index contributed by atoms with van der Waals surface area (Å²) < 4.78 is 11.4. The van der Waals surface area contributed by atoms with Crippen molar-refractivity contribution in [2.45, 2.75) is 38.3 Å². The van der Waals surface area contributed by atoms with Gasteiger partial charge in [0.25, 0.3) is 0 Å². The average Bonchev–Trinajstić information content (AvgIpc) is 2.77. The molecule has 114 valence electrons. The van der Waals surface area contributed by atoms with Gasteiger partial charge in [-0.15, -0.1) is 0 Å². The summed E-state index contributed by atoms with van der Waals surface area (Å²) in [5, 5.41) is 6.14. The molecule has 1 heterocycles. The largest absolute Gasteiger partial charge is 0.334 e. The van der Waals surface area contributed by atoms with Crippen LogP contribution in [-0.4, -0.2) is 27.8 Å². The van der Waals surface area contributed by atoms with E-state index in [-0.39, 0.29) is 23.0 Å². The Kier molecular flexibility index (Phi) is 3.56. The zero-order chi connectivity index (χ0) is 15.1. The van der Waals surface area contributed by atoms with E-state index in [4.69, 9.17) is 0 Å². The highest BCUT2D eigenvalue weighted by Crippen LogP contribution is 2.62. The molecule has 21 heavy (non-hydrogen) atoms. The molecule has 0 radical (unpaired) electrons. The maximum Gasteiger partial charge on any atom is 0.315 e. The molecule has 3 atom stereocenters. The van der Waals surface area contributed by atoms with Crippen LogP contribution in [0.3, 0.4) is 0 Å². The first-order valence-corrected chi connectivity index (χ1v) is 8.91. The molecule has 1 saturated carbocycles. The lowest BCUT2D eigenvalue weighted by atomic mass is 9.96. The van der Waals surface area contributed by atoms with Crippen molar-refractivity contribution in [3.63, 3.8) is 0 Å². The third-order valence-corrected chi connectivity index (χ3v) is 6.21. The second kappa shape index (κ2) is 5.13. The number of nitrogens with one attached hydrogen (secondary N) is 2. The molecule has 1 aliphatic carbocycles. The SMILES string of the molecule is CC1(C)CC1(NC(=O)NC1CCS(=O)C1)c1ccccc1. The predicted octanol–water partition coefficient (Wildman–Crippen LogP) is 2.13. The fourth-order valence-electron chi connectivity index (χ4n) is 3.31. The smallest absolute Gasteiger partial charge is 0.315 e. The number of hydrogen-bond acceptors (Lipinski definition) is 2. The van der Waals surface area contributed by atoms with Gasteiger partial charge in [0.1, 0.15) is 0 Å². The van der Waals surface area contributed by atoms with Crippen LogP contribution < -0.4 is 10.6 Å². The van der Waals surface area contributed by atoms with E-state index in [1.807, 2.05) is 18.2 Å². The molecule has 2 fully saturated rings. The summed E-state index contributed by atoms with van der Waals surface area (Å²) in [6.45, 7) is 4.34. The fraction of sp³-hybridized carbons (Fsp3) is 0.562. The van der Waals surface area contributed by atoms with E-state index in [9.17, 15) is 9.00 Å². The van der Waals surface area contributed by atoms with E-state index in [0.29, 0.717) is 11.5 Å². The van der Waals surface area contributed by atoms with Crippen molar-refractivity contribution in [1.29, 1.82) is 0 Å². The van der Waals surface area contributed by atoms with Crippen molar-refractivity contribution in [3.8, 4) is 0 Å². The first-order chi connectivity index (χ1) is 9.93. The van der Waals surface area contributed by atoms with E-state index in [1.54, 1.807) is 0 Å². The quantitative estimate of drug-likeness (QED) is 0.899. The predicted molar refractivity (Wildman–Crippen MR) is 84.5 cm³/mol. The van der Waals surface area contributed by atoms with Crippen LogP contribution in [0.5, 0.6) is 0 Å². The molecule has 4 nitrogen and oxygen atoms in total. The number of rotatable bonds is 3. The number of carbonyl (C=O) groups is 1. The van der Waals surface area contributed by atoms with Crippen molar-refractivity contribution >= 4 is 16.8 Å². The van der Waals surface area contributed by atoms with Crippen LogP contribution in [0.4, 0.5) is 4.79 Å². The second-order valence-electron chi connectivity index (χ2n) is 6.73. The van der Waals surface area contributed by atoms with Gasteiger partial charge in [-0.1, -0.05) is 44.2 Å². The van der Waals surface area contributed by atoms with Crippen LogP contribution in [0.1, 0.15) is 32.3 Å². The number of carbonyl (C=O) groups excluding carboxylic acids is 1. The molecular formula is C16H22N2O2S. The molecule has 3 rings (SSSR count). The number of hydrogen-bond donors (Lipinski definition) is 2. The third-order valence-electron chi connectivity index (χ3n) is 4.75. The summed E-state index contributed by atoms with van der Waals surface area (Å²) >= 11 is 0. The summed E-state index contributed by atoms with van der Waals surface area (Å²) in [7, 11) is -0.771. The third kappa shape index (κ3) is 2.71. The van der Waals surface area contributed by atoms with Crippen molar-refractivity contribution in [1.82, 2.24) is 10.6 Å². The normalized spacial score (nSPS) is 33.4. The average molecular weight is 306 g/mol. The Balaban J connectivity index is 1.70. The van der Waals surface area contributed by atoms with Crippen molar-refractivity contribution in [2.24, 2.45) is 5.41 Å². The molecule has 0 spiro atoms. The molecule has 2 aliphatic rings. The maximum atomic E-state index is 12.3.